The predicted molar refractivity (Wildman–Crippen MR) is 104 cm³/mol. The molecule has 10 nitrogen and oxygen atoms in total. The van der Waals surface area contributed by atoms with Crippen LogP contribution in [0.2, 0.25) is 0 Å². The van der Waals surface area contributed by atoms with Gasteiger partial charge < -0.3 is 19.9 Å². The number of allylic oxidation sites excluding steroid dienone is 1. The number of hydrogen-bond donors (Lipinski definition) is 2. The van der Waals surface area contributed by atoms with E-state index in [-0.39, 0.29) is 0 Å². The van der Waals surface area contributed by atoms with Gasteiger partial charge in [-0.1, -0.05) is 11.3 Å². The molecule has 142 valence electrons. The van der Waals surface area contributed by atoms with Crippen molar-refractivity contribution in [2.75, 3.05) is 14.2 Å². The van der Waals surface area contributed by atoms with Crippen LogP contribution in [-0.4, -0.2) is 54.7 Å². The molecule has 0 spiro atoms. The number of fused-ring (bicyclic) bond motifs is 2. The summed E-state index contributed by atoms with van der Waals surface area (Å²) in [6.45, 7) is 0.959. The van der Waals surface area contributed by atoms with Gasteiger partial charge in [0.1, 0.15) is 5.65 Å². The number of aromatic nitrogens is 7. The third-order valence-electron chi connectivity index (χ3n) is 4.25. The van der Waals surface area contributed by atoms with E-state index in [1.807, 2.05) is 22.7 Å². The molecule has 0 aliphatic rings. The zero-order valence-corrected chi connectivity index (χ0v) is 15.5. The number of nitrogens with zero attached hydrogens (tertiary/aromatic N) is 7. The molecule has 2 N–H and O–H groups in total. The SMILES string of the molecule is CN/C=C(\C=N)c1cnc2nnn(Cc3ccc4ncc(COC)n4c3)c2n1. The van der Waals surface area contributed by atoms with Crippen molar-refractivity contribution in [3.05, 3.63) is 53.9 Å². The van der Waals surface area contributed by atoms with Crippen LogP contribution in [0.15, 0.2) is 36.9 Å². The summed E-state index contributed by atoms with van der Waals surface area (Å²) in [6, 6.07) is 3.95. The molecule has 4 aromatic rings. The van der Waals surface area contributed by atoms with Crippen LogP contribution >= 0.6 is 0 Å². The predicted octanol–water partition coefficient (Wildman–Crippen LogP) is 1.27. The van der Waals surface area contributed by atoms with Crippen molar-refractivity contribution < 1.29 is 4.74 Å². The molecule has 0 radical (unpaired) electrons. The van der Waals surface area contributed by atoms with Gasteiger partial charge in [0.05, 0.1) is 36.9 Å². The van der Waals surface area contributed by atoms with E-state index < -0.39 is 0 Å². The van der Waals surface area contributed by atoms with Gasteiger partial charge in [0.2, 0.25) is 5.65 Å². The van der Waals surface area contributed by atoms with Crippen LogP contribution in [0.25, 0.3) is 22.5 Å². The van der Waals surface area contributed by atoms with Gasteiger partial charge in [0.25, 0.3) is 0 Å². The molecule has 0 aliphatic carbocycles. The van der Waals surface area contributed by atoms with E-state index in [1.165, 1.54) is 6.21 Å². The number of pyridine rings is 1. The highest BCUT2D eigenvalue weighted by Gasteiger charge is 2.12. The molecular formula is C18H19N9O. The van der Waals surface area contributed by atoms with Crippen molar-refractivity contribution in [2.24, 2.45) is 0 Å². The first kappa shape index (κ1) is 17.7. The average Bonchev–Trinajstić information content (AvgIpc) is 3.30. The fourth-order valence-corrected chi connectivity index (χ4v) is 2.94. The van der Waals surface area contributed by atoms with Gasteiger partial charge in [-0.2, -0.15) is 0 Å². The Morgan fingerprint density at radius 1 is 1.29 bits per heavy atom. The first-order valence-corrected chi connectivity index (χ1v) is 8.62. The Labute approximate surface area is 160 Å². The minimum atomic E-state index is 0.460. The molecule has 0 fully saturated rings. The van der Waals surface area contributed by atoms with E-state index in [4.69, 9.17) is 10.1 Å². The normalized spacial score (nSPS) is 12.0. The Bertz CT molecular complexity index is 1170. The summed E-state index contributed by atoms with van der Waals surface area (Å²) >= 11 is 0. The lowest BCUT2D eigenvalue weighted by molar-refractivity contribution is 0.181. The maximum atomic E-state index is 7.56. The van der Waals surface area contributed by atoms with E-state index in [9.17, 15) is 0 Å². The smallest absolute Gasteiger partial charge is 0.221 e. The van der Waals surface area contributed by atoms with Gasteiger partial charge in [0, 0.05) is 38.3 Å². The number of methoxy groups -OCH3 is 1. The van der Waals surface area contributed by atoms with Crippen molar-refractivity contribution in [2.45, 2.75) is 13.2 Å². The zero-order chi connectivity index (χ0) is 19.5. The maximum Gasteiger partial charge on any atom is 0.221 e. The van der Waals surface area contributed by atoms with Crippen LogP contribution in [0.5, 0.6) is 0 Å². The second-order valence-electron chi connectivity index (χ2n) is 6.13. The fourth-order valence-electron chi connectivity index (χ4n) is 2.94. The third kappa shape index (κ3) is 3.21. The number of imidazole rings is 1. The second kappa shape index (κ2) is 7.53. The Balaban J connectivity index is 1.71. The van der Waals surface area contributed by atoms with Crippen LogP contribution in [0.3, 0.4) is 0 Å². The molecule has 0 aliphatic heterocycles. The molecule has 0 saturated carbocycles. The molecule has 0 atom stereocenters. The lowest BCUT2D eigenvalue weighted by atomic mass is 10.2. The average molecular weight is 377 g/mol. The van der Waals surface area contributed by atoms with Gasteiger partial charge >= 0.3 is 0 Å². The fraction of sp³-hybridized carbons (Fsp3) is 0.222. The molecule has 4 aromatic heterocycles. The molecule has 0 amide bonds. The lowest BCUT2D eigenvalue weighted by Gasteiger charge is -2.06. The monoisotopic (exact) mass is 377 g/mol. The largest absolute Gasteiger partial charge is 0.393 e. The van der Waals surface area contributed by atoms with Gasteiger partial charge in [-0.3, -0.25) is 0 Å². The van der Waals surface area contributed by atoms with Gasteiger partial charge in [0.15, 0.2) is 5.65 Å². The van der Waals surface area contributed by atoms with Crippen molar-refractivity contribution >= 4 is 28.7 Å². The topological polar surface area (TPSA) is 119 Å². The Morgan fingerprint density at radius 3 is 2.96 bits per heavy atom. The van der Waals surface area contributed by atoms with Crippen LogP contribution in [0.4, 0.5) is 0 Å². The Morgan fingerprint density at radius 2 is 2.18 bits per heavy atom. The van der Waals surface area contributed by atoms with Gasteiger partial charge in [-0.15, -0.1) is 5.10 Å². The highest BCUT2D eigenvalue weighted by Crippen LogP contribution is 2.15. The molecule has 4 rings (SSSR count). The molecule has 0 unspecified atom stereocenters. The van der Waals surface area contributed by atoms with Crippen molar-refractivity contribution in [3.8, 4) is 0 Å². The molecule has 4 heterocycles. The summed E-state index contributed by atoms with van der Waals surface area (Å²) < 4.78 is 8.92. The first-order chi connectivity index (χ1) is 13.7. The van der Waals surface area contributed by atoms with Crippen molar-refractivity contribution in [3.63, 3.8) is 0 Å². The molecule has 0 saturated heterocycles. The number of rotatable bonds is 7. The molecule has 10 heteroatoms. The minimum absolute atomic E-state index is 0.460. The van der Waals surface area contributed by atoms with E-state index in [1.54, 1.807) is 37.4 Å². The van der Waals surface area contributed by atoms with Crippen LogP contribution in [0.1, 0.15) is 17.0 Å². The Hall–Kier alpha value is -3.66. The minimum Gasteiger partial charge on any atom is -0.393 e. The highest BCUT2D eigenvalue weighted by molar-refractivity contribution is 6.07. The Kier molecular flexibility index (Phi) is 4.77. The second-order valence-corrected chi connectivity index (χ2v) is 6.13. The van der Waals surface area contributed by atoms with E-state index >= 15 is 0 Å². The quantitative estimate of drug-likeness (QED) is 0.466. The van der Waals surface area contributed by atoms with E-state index in [0.29, 0.717) is 35.7 Å². The van der Waals surface area contributed by atoms with E-state index in [2.05, 4.69) is 30.6 Å². The number of nitrogens with one attached hydrogen (secondary N) is 2. The zero-order valence-electron chi connectivity index (χ0n) is 15.5. The lowest BCUT2D eigenvalue weighted by Crippen LogP contribution is -2.06. The summed E-state index contributed by atoms with van der Waals surface area (Å²) in [5.74, 6) is 0. The maximum absolute atomic E-state index is 7.56. The summed E-state index contributed by atoms with van der Waals surface area (Å²) in [7, 11) is 3.43. The van der Waals surface area contributed by atoms with Crippen molar-refractivity contribution in [1.82, 2.24) is 39.7 Å². The number of ether oxygens (including phenoxy) is 1. The van der Waals surface area contributed by atoms with Crippen molar-refractivity contribution in [1.29, 1.82) is 5.41 Å². The summed E-state index contributed by atoms with van der Waals surface area (Å²) in [4.78, 5) is 13.3. The standard InChI is InChI=1S/C18H19N9O/c1-20-6-13(5-19)15-8-22-17-18(23-15)27(25-24-17)10-12-3-4-16-21-7-14(11-28-2)26(16)9-12/h3-9,19-20H,10-11H2,1-2H3/b13-6+,19-5?. The van der Waals surface area contributed by atoms with Crippen LogP contribution in [-0.2, 0) is 17.9 Å². The van der Waals surface area contributed by atoms with E-state index in [0.717, 1.165) is 16.9 Å². The molecule has 0 bridgehead atoms. The molecule has 0 aromatic carbocycles. The molecular weight excluding hydrogens is 358 g/mol. The first-order valence-electron chi connectivity index (χ1n) is 8.62. The van der Waals surface area contributed by atoms with Crippen LogP contribution in [0, 0.1) is 5.41 Å². The van der Waals surface area contributed by atoms with Crippen LogP contribution < -0.4 is 5.32 Å². The highest BCUT2D eigenvalue weighted by atomic mass is 16.5. The summed E-state index contributed by atoms with van der Waals surface area (Å²) in [5.41, 5.74) is 5.05. The van der Waals surface area contributed by atoms with Gasteiger partial charge in [-0.05, 0) is 11.6 Å². The summed E-state index contributed by atoms with van der Waals surface area (Å²) in [5, 5.41) is 18.8. The molecule has 28 heavy (non-hydrogen) atoms. The summed E-state index contributed by atoms with van der Waals surface area (Å²) in [6.07, 6.45) is 8.32. The number of hydrogen-bond acceptors (Lipinski definition) is 8. The third-order valence-corrected chi connectivity index (χ3v) is 4.25. The van der Waals surface area contributed by atoms with Gasteiger partial charge in [-0.25, -0.2) is 19.6 Å².